The molecule has 92 valence electrons. The molecule has 2 aromatic rings. The second-order valence-electron chi connectivity index (χ2n) is 3.97. The molecule has 0 atom stereocenters. The van der Waals surface area contributed by atoms with Crippen LogP contribution in [0.15, 0.2) is 36.4 Å². The lowest BCUT2D eigenvalue weighted by Gasteiger charge is -2.06. The van der Waals surface area contributed by atoms with E-state index in [0.717, 1.165) is 12.1 Å². The van der Waals surface area contributed by atoms with Crippen molar-refractivity contribution in [1.29, 1.82) is 0 Å². The smallest absolute Gasteiger partial charge is 0.335 e. The Bertz CT molecular complexity index is 621. The maximum Gasteiger partial charge on any atom is 0.335 e. The van der Waals surface area contributed by atoms with E-state index in [1.54, 1.807) is 6.07 Å². The monoisotopic (exact) mass is 248 g/mol. The van der Waals surface area contributed by atoms with Gasteiger partial charge in [-0.05, 0) is 42.3 Å². The number of rotatable bonds is 2. The highest BCUT2D eigenvalue weighted by molar-refractivity contribution is 5.89. The van der Waals surface area contributed by atoms with Gasteiger partial charge >= 0.3 is 5.97 Å². The number of carboxylic acid groups (broad SMARTS) is 1. The molecule has 0 aromatic heterocycles. The molecule has 2 aromatic carbocycles. The lowest BCUT2D eigenvalue weighted by atomic mass is 10.0. The molecule has 0 aliphatic heterocycles. The largest absolute Gasteiger partial charge is 0.478 e. The number of halogens is 2. The van der Waals surface area contributed by atoms with Gasteiger partial charge in [0.25, 0.3) is 0 Å². The van der Waals surface area contributed by atoms with E-state index in [4.69, 9.17) is 5.11 Å². The van der Waals surface area contributed by atoms with Gasteiger partial charge < -0.3 is 5.11 Å². The Morgan fingerprint density at radius 2 is 1.83 bits per heavy atom. The van der Waals surface area contributed by atoms with Crippen molar-refractivity contribution in [3.8, 4) is 11.1 Å². The van der Waals surface area contributed by atoms with Gasteiger partial charge in [0.05, 0.1) is 5.56 Å². The summed E-state index contributed by atoms with van der Waals surface area (Å²) in [5, 5.41) is 8.86. The van der Waals surface area contributed by atoms with Crippen molar-refractivity contribution < 1.29 is 18.7 Å². The lowest BCUT2D eigenvalue weighted by Crippen LogP contribution is -1.97. The van der Waals surface area contributed by atoms with E-state index in [1.165, 1.54) is 25.1 Å². The van der Waals surface area contributed by atoms with Crippen molar-refractivity contribution in [1.82, 2.24) is 0 Å². The van der Waals surface area contributed by atoms with Gasteiger partial charge in [-0.15, -0.1) is 0 Å². The van der Waals surface area contributed by atoms with Crippen LogP contribution in [-0.2, 0) is 0 Å². The zero-order chi connectivity index (χ0) is 13.3. The predicted molar refractivity (Wildman–Crippen MR) is 63.5 cm³/mol. The van der Waals surface area contributed by atoms with Gasteiger partial charge in [0.15, 0.2) is 0 Å². The third kappa shape index (κ3) is 2.22. The van der Waals surface area contributed by atoms with E-state index in [-0.39, 0.29) is 16.7 Å². The first kappa shape index (κ1) is 12.2. The second-order valence-corrected chi connectivity index (χ2v) is 3.97. The highest BCUT2D eigenvalue weighted by atomic mass is 19.1. The van der Waals surface area contributed by atoms with E-state index < -0.39 is 17.6 Å². The van der Waals surface area contributed by atoms with Gasteiger partial charge in [-0.2, -0.15) is 0 Å². The van der Waals surface area contributed by atoms with Crippen LogP contribution >= 0.6 is 0 Å². The summed E-state index contributed by atoms with van der Waals surface area (Å²) in [4.78, 5) is 10.8. The molecule has 0 spiro atoms. The van der Waals surface area contributed by atoms with Crippen molar-refractivity contribution >= 4 is 5.97 Å². The Morgan fingerprint density at radius 3 is 2.50 bits per heavy atom. The van der Waals surface area contributed by atoms with Crippen LogP contribution in [0.3, 0.4) is 0 Å². The van der Waals surface area contributed by atoms with Crippen LogP contribution in [0.4, 0.5) is 8.78 Å². The first-order chi connectivity index (χ1) is 8.49. The molecule has 0 unspecified atom stereocenters. The average molecular weight is 248 g/mol. The van der Waals surface area contributed by atoms with E-state index in [1.807, 2.05) is 0 Å². The number of benzene rings is 2. The first-order valence-electron chi connectivity index (χ1n) is 5.28. The molecular formula is C14H10F2O2. The van der Waals surface area contributed by atoms with Crippen molar-refractivity contribution in [2.75, 3.05) is 0 Å². The zero-order valence-electron chi connectivity index (χ0n) is 9.58. The summed E-state index contributed by atoms with van der Waals surface area (Å²) in [6.07, 6.45) is 0. The second kappa shape index (κ2) is 4.56. The standard InChI is InChI=1S/C14H10F2O2/c1-8-5-13(16)11(7-12(8)15)9-3-2-4-10(6-9)14(17)18/h2-7H,1H3,(H,17,18). The molecule has 2 nitrogen and oxygen atoms in total. The van der Waals surface area contributed by atoms with E-state index in [2.05, 4.69) is 0 Å². The minimum Gasteiger partial charge on any atom is -0.478 e. The number of aryl methyl sites for hydroxylation is 1. The highest BCUT2D eigenvalue weighted by Gasteiger charge is 2.11. The predicted octanol–water partition coefficient (Wildman–Crippen LogP) is 3.64. The Morgan fingerprint density at radius 1 is 1.11 bits per heavy atom. The maximum absolute atomic E-state index is 13.7. The number of carboxylic acids is 1. The van der Waals surface area contributed by atoms with Gasteiger partial charge in [-0.1, -0.05) is 12.1 Å². The Kier molecular flexibility index (Phi) is 3.10. The van der Waals surface area contributed by atoms with Gasteiger partial charge in [-0.25, -0.2) is 13.6 Å². The van der Waals surface area contributed by atoms with Crippen molar-refractivity contribution in [2.24, 2.45) is 0 Å². The molecular weight excluding hydrogens is 238 g/mol. The van der Waals surface area contributed by atoms with E-state index in [0.29, 0.717) is 5.56 Å². The highest BCUT2D eigenvalue weighted by Crippen LogP contribution is 2.26. The topological polar surface area (TPSA) is 37.3 Å². The van der Waals surface area contributed by atoms with Gasteiger partial charge in [0, 0.05) is 5.56 Å². The Balaban J connectivity index is 2.58. The normalized spacial score (nSPS) is 10.4. The fourth-order valence-corrected chi connectivity index (χ4v) is 1.69. The molecule has 18 heavy (non-hydrogen) atoms. The molecule has 2 rings (SSSR count). The van der Waals surface area contributed by atoms with Crippen molar-refractivity contribution in [3.05, 3.63) is 59.2 Å². The third-order valence-electron chi connectivity index (χ3n) is 2.67. The fraction of sp³-hybridized carbons (Fsp3) is 0.0714. The Labute approximate surface area is 103 Å². The maximum atomic E-state index is 13.7. The molecule has 4 heteroatoms. The molecule has 0 aliphatic rings. The summed E-state index contributed by atoms with van der Waals surface area (Å²) < 4.78 is 27.2. The molecule has 0 aliphatic carbocycles. The quantitative estimate of drug-likeness (QED) is 0.880. The van der Waals surface area contributed by atoms with Gasteiger partial charge in [0.1, 0.15) is 11.6 Å². The molecule has 0 saturated heterocycles. The molecule has 0 fully saturated rings. The van der Waals surface area contributed by atoms with Crippen LogP contribution in [0.5, 0.6) is 0 Å². The van der Waals surface area contributed by atoms with Gasteiger partial charge in [0.2, 0.25) is 0 Å². The van der Waals surface area contributed by atoms with Crippen LogP contribution in [0.1, 0.15) is 15.9 Å². The SMILES string of the molecule is Cc1cc(F)c(-c2cccc(C(=O)O)c2)cc1F. The number of aromatic carboxylic acids is 1. The van der Waals surface area contributed by atoms with E-state index >= 15 is 0 Å². The van der Waals surface area contributed by atoms with Crippen LogP contribution in [0.2, 0.25) is 0 Å². The van der Waals surface area contributed by atoms with Crippen LogP contribution in [0, 0.1) is 18.6 Å². The molecule has 0 saturated carbocycles. The molecule has 0 bridgehead atoms. The van der Waals surface area contributed by atoms with Crippen LogP contribution in [-0.4, -0.2) is 11.1 Å². The lowest BCUT2D eigenvalue weighted by molar-refractivity contribution is 0.0697. The molecule has 0 amide bonds. The minimum absolute atomic E-state index is 0.0351. The summed E-state index contributed by atoms with van der Waals surface area (Å²) in [7, 11) is 0. The Hall–Kier alpha value is -2.23. The summed E-state index contributed by atoms with van der Waals surface area (Å²) in [6, 6.07) is 7.92. The van der Waals surface area contributed by atoms with Crippen LogP contribution in [0.25, 0.3) is 11.1 Å². The minimum atomic E-state index is -1.11. The summed E-state index contributed by atoms with van der Waals surface area (Å²) in [5.74, 6) is -2.20. The van der Waals surface area contributed by atoms with E-state index in [9.17, 15) is 13.6 Å². The van der Waals surface area contributed by atoms with Gasteiger partial charge in [-0.3, -0.25) is 0 Å². The first-order valence-corrected chi connectivity index (χ1v) is 5.28. The van der Waals surface area contributed by atoms with Crippen molar-refractivity contribution in [2.45, 2.75) is 6.92 Å². The summed E-state index contributed by atoms with van der Waals surface area (Å²) >= 11 is 0. The van der Waals surface area contributed by atoms with Crippen molar-refractivity contribution in [3.63, 3.8) is 0 Å². The third-order valence-corrected chi connectivity index (χ3v) is 2.67. The van der Waals surface area contributed by atoms with Crippen LogP contribution < -0.4 is 0 Å². The number of carbonyl (C=O) groups is 1. The fourth-order valence-electron chi connectivity index (χ4n) is 1.69. The average Bonchev–Trinajstić information content (AvgIpc) is 2.34. The summed E-state index contributed by atoms with van der Waals surface area (Å²) in [5.41, 5.74) is 0.644. The number of hydrogen-bond donors (Lipinski definition) is 1. The zero-order valence-corrected chi connectivity index (χ0v) is 9.58. The molecule has 0 radical (unpaired) electrons. The molecule has 0 heterocycles. The molecule has 1 N–H and O–H groups in total. The number of hydrogen-bond acceptors (Lipinski definition) is 1. The summed E-state index contributed by atoms with van der Waals surface area (Å²) in [6.45, 7) is 1.47.